The molecule has 1 aromatic heterocycles. The molecule has 1 saturated heterocycles. The van der Waals surface area contributed by atoms with Gasteiger partial charge in [-0.15, -0.1) is 0 Å². The van der Waals surface area contributed by atoms with Crippen LogP contribution < -0.4 is 20.1 Å². The van der Waals surface area contributed by atoms with Crippen LogP contribution >= 0.6 is 0 Å². The van der Waals surface area contributed by atoms with Crippen LogP contribution in [0.5, 0.6) is 11.5 Å². The Hall–Kier alpha value is -3.99. The van der Waals surface area contributed by atoms with Gasteiger partial charge in [0.2, 0.25) is 0 Å². The van der Waals surface area contributed by atoms with Crippen molar-refractivity contribution in [1.82, 2.24) is 20.4 Å². The highest BCUT2D eigenvalue weighted by Gasteiger charge is 2.35. The maximum absolute atomic E-state index is 12.9. The van der Waals surface area contributed by atoms with Crippen molar-refractivity contribution in [2.75, 3.05) is 54.1 Å². The Labute approximate surface area is 202 Å². The summed E-state index contributed by atoms with van der Waals surface area (Å²) in [6.45, 7) is 2.42. The van der Waals surface area contributed by atoms with Crippen molar-refractivity contribution in [1.29, 1.82) is 0 Å². The summed E-state index contributed by atoms with van der Waals surface area (Å²) < 4.78 is 21.0. The number of piperazine rings is 1. The highest BCUT2D eigenvalue weighted by Crippen LogP contribution is 2.34. The molecule has 11 heteroatoms. The van der Waals surface area contributed by atoms with Gasteiger partial charge in [0.25, 0.3) is 5.91 Å². The zero-order valence-corrected chi connectivity index (χ0v) is 19.8. The Bertz CT molecular complexity index is 1120. The number of urea groups is 1. The van der Waals surface area contributed by atoms with Crippen molar-refractivity contribution in [3.05, 3.63) is 59.2 Å². The van der Waals surface area contributed by atoms with Gasteiger partial charge in [-0.05, 0) is 29.8 Å². The number of nitrogens with one attached hydrogen (secondary N) is 2. The standard InChI is InChI=1S/C24H28N4O7/c1-32-17-7-6-15(13-19(17)33-2)21-20(23(30)34-3)16(25-24(31)26-21)14-27-8-10-28(11-9-27)22(29)18-5-4-12-35-18/h4-7,12-13,21H,8-11,14H2,1-3H3,(H2,25,26,31)/t21-/m0/s1. The van der Waals surface area contributed by atoms with Gasteiger partial charge >= 0.3 is 12.0 Å². The average Bonchev–Trinajstić information content (AvgIpc) is 3.42. The fourth-order valence-electron chi connectivity index (χ4n) is 4.26. The minimum Gasteiger partial charge on any atom is -0.493 e. The first-order valence-electron chi connectivity index (χ1n) is 11.1. The molecule has 3 amide bonds. The highest BCUT2D eigenvalue weighted by molar-refractivity contribution is 5.95. The summed E-state index contributed by atoms with van der Waals surface area (Å²) in [5, 5.41) is 5.58. The van der Waals surface area contributed by atoms with E-state index in [1.165, 1.54) is 27.6 Å². The first kappa shape index (κ1) is 24.1. The summed E-state index contributed by atoms with van der Waals surface area (Å²) in [5.74, 6) is 0.590. The van der Waals surface area contributed by atoms with E-state index in [1.807, 2.05) is 0 Å². The van der Waals surface area contributed by atoms with Gasteiger partial charge in [0.15, 0.2) is 17.3 Å². The van der Waals surface area contributed by atoms with Crippen molar-refractivity contribution in [2.45, 2.75) is 6.04 Å². The first-order valence-corrected chi connectivity index (χ1v) is 11.1. The SMILES string of the molecule is COC(=O)C1=C(CN2CCN(C(=O)c3ccco3)CC2)NC(=O)N[C@H]1c1ccc(OC)c(OC)c1. The van der Waals surface area contributed by atoms with E-state index in [1.54, 1.807) is 35.2 Å². The smallest absolute Gasteiger partial charge is 0.338 e. The summed E-state index contributed by atoms with van der Waals surface area (Å²) in [4.78, 5) is 41.7. The number of nitrogens with zero attached hydrogens (tertiary/aromatic N) is 2. The molecule has 2 N–H and O–H groups in total. The van der Waals surface area contributed by atoms with Crippen molar-refractivity contribution in [3.8, 4) is 11.5 Å². The molecule has 2 aliphatic rings. The summed E-state index contributed by atoms with van der Waals surface area (Å²) in [7, 11) is 4.35. The molecule has 35 heavy (non-hydrogen) atoms. The monoisotopic (exact) mass is 484 g/mol. The molecule has 0 bridgehead atoms. The second-order valence-corrected chi connectivity index (χ2v) is 8.08. The lowest BCUT2D eigenvalue weighted by molar-refractivity contribution is -0.136. The Balaban J connectivity index is 1.56. The van der Waals surface area contributed by atoms with Crippen LogP contribution in [-0.2, 0) is 9.53 Å². The van der Waals surface area contributed by atoms with Crippen LogP contribution in [-0.4, -0.2) is 81.8 Å². The normalized spacial score (nSPS) is 18.5. The molecule has 186 valence electrons. The van der Waals surface area contributed by atoms with E-state index in [-0.39, 0.29) is 5.91 Å². The molecule has 0 unspecified atom stereocenters. The van der Waals surface area contributed by atoms with E-state index in [0.717, 1.165) is 0 Å². The molecule has 1 aromatic carbocycles. The van der Waals surface area contributed by atoms with Gasteiger partial charge in [-0.25, -0.2) is 9.59 Å². The third-order valence-electron chi connectivity index (χ3n) is 6.07. The number of hydrogen-bond acceptors (Lipinski definition) is 8. The van der Waals surface area contributed by atoms with Crippen molar-refractivity contribution in [3.63, 3.8) is 0 Å². The fourth-order valence-corrected chi connectivity index (χ4v) is 4.26. The van der Waals surface area contributed by atoms with Crippen LogP contribution in [0.1, 0.15) is 22.2 Å². The Morgan fingerprint density at radius 3 is 2.43 bits per heavy atom. The van der Waals surface area contributed by atoms with Gasteiger partial charge in [-0.1, -0.05) is 6.07 Å². The molecule has 0 aliphatic carbocycles. The molecular formula is C24H28N4O7. The molecule has 0 spiro atoms. The average molecular weight is 485 g/mol. The second-order valence-electron chi connectivity index (χ2n) is 8.08. The van der Waals surface area contributed by atoms with Crippen LogP contribution in [0.4, 0.5) is 4.79 Å². The molecule has 1 fully saturated rings. The first-order chi connectivity index (χ1) is 16.9. The number of furan rings is 1. The molecule has 2 aliphatic heterocycles. The highest BCUT2D eigenvalue weighted by atomic mass is 16.5. The Morgan fingerprint density at radius 2 is 1.80 bits per heavy atom. The van der Waals surface area contributed by atoms with Crippen LogP contribution in [0.2, 0.25) is 0 Å². The van der Waals surface area contributed by atoms with Crippen molar-refractivity contribution >= 4 is 17.9 Å². The van der Waals surface area contributed by atoms with Gasteiger partial charge in [0, 0.05) is 38.4 Å². The van der Waals surface area contributed by atoms with E-state index in [2.05, 4.69) is 15.5 Å². The van der Waals surface area contributed by atoms with Crippen LogP contribution in [0.25, 0.3) is 0 Å². The van der Waals surface area contributed by atoms with Crippen LogP contribution in [0, 0.1) is 0 Å². The predicted molar refractivity (Wildman–Crippen MR) is 124 cm³/mol. The molecule has 1 atom stereocenters. The van der Waals surface area contributed by atoms with Crippen LogP contribution in [0.15, 0.2) is 52.3 Å². The summed E-state index contributed by atoms with van der Waals surface area (Å²) in [6, 6.07) is 7.34. The van der Waals surface area contributed by atoms with Gasteiger partial charge < -0.3 is 34.2 Å². The number of methoxy groups -OCH3 is 3. The summed E-state index contributed by atoms with van der Waals surface area (Å²) in [6.07, 6.45) is 1.47. The molecule has 3 heterocycles. The number of rotatable bonds is 7. The van der Waals surface area contributed by atoms with Crippen molar-refractivity contribution < 1.29 is 33.0 Å². The van der Waals surface area contributed by atoms with Crippen molar-refractivity contribution in [2.24, 2.45) is 0 Å². The zero-order valence-electron chi connectivity index (χ0n) is 19.8. The zero-order chi connectivity index (χ0) is 24.9. The minimum atomic E-state index is -0.743. The number of benzene rings is 1. The van der Waals surface area contributed by atoms with E-state index in [4.69, 9.17) is 18.6 Å². The Kier molecular flexibility index (Phi) is 7.25. The maximum atomic E-state index is 12.9. The Morgan fingerprint density at radius 1 is 1.06 bits per heavy atom. The quantitative estimate of drug-likeness (QED) is 0.568. The second kappa shape index (κ2) is 10.5. The topological polar surface area (TPSA) is 123 Å². The van der Waals surface area contributed by atoms with E-state index in [9.17, 15) is 14.4 Å². The number of amides is 3. The summed E-state index contributed by atoms with van der Waals surface area (Å²) >= 11 is 0. The lowest BCUT2D eigenvalue weighted by Crippen LogP contribution is -2.52. The predicted octanol–water partition coefficient (Wildman–Crippen LogP) is 1.54. The van der Waals surface area contributed by atoms with E-state index >= 15 is 0 Å². The van der Waals surface area contributed by atoms with Gasteiger partial charge in [0.1, 0.15) is 0 Å². The number of hydrogen-bond donors (Lipinski definition) is 2. The number of ether oxygens (including phenoxy) is 3. The number of carbonyl (C=O) groups is 3. The molecule has 0 radical (unpaired) electrons. The van der Waals surface area contributed by atoms with E-state index in [0.29, 0.717) is 66.8 Å². The molecule has 2 aromatic rings. The van der Waals surface area contributed by atoms with Gasteiger partial charge in [0.05, 0.1) is 39.2 Å². The summed E-state index contributed by atoms with van der Waals surface area (Å²) in [5.41, 5.74) is 1.39. The minimum absolute atomic E-state index is 0.159. The third kappa shape index (κ3) is 5.09. The van der Waals surface area contributed by atoms with Gasteiger partial charge in [-0.3, -0.25) is 9.69 Å². The lowest BCUT2D eigenvalue weighted by atomic mass is 9.94. The molecule has 4 rings (SSSR count). The number of esters is 1. The fraction of sp³-hybridized carbons (Fsp3) is 0.375. The largest absolute Gasteiger partial charge is 0.493 e. The van der Waals surface area contributed by atoms with Gasteiger partial charge in [-0.2, -0.15) is 0 Å². The lowest BCUT2D eigenvalue weighted by Gasteiger charge is -2.36. The molecular weight excluding hydrogens is 456 g/mol. The van der Waals surface area contributed by atoms with E-state index < -0.39 is 18.0 Å². The molecule has 0 saturated carbocycles. The number of carbonyl (C=O) groups excluding carboxylic acids is 3. The third-order valence-corrected chi connectivity index (χ3v) is 6.07. The maximum Gasteiger partial charge on any atom is 0.338 e. The van der Waals surface area contributed by atoms with Crippen LogP contribution in [0.3, 0.4) is 0 Å². The molecule has 11 nitrogen and oxygen atoms in total.